The van der Waals surface area contributed by atoms with E-state index in [9.17, 15) is 0 Å². The third-order valence-electron chi connectivity index (χ3n) is 3.66. The maximum atomic E-state index is 3.61. The van der Waals surface area contributed by atoms with Gasteiger partial charge in [-0.2, -0.15) is 0 Å². The molecule has 0 aliphatic carbocycles. The average molecular weight is 253 g/mol. The molecule has 0 saturated heterocycles. The lowest BCUT2D eigenvalue weighted by Crippen LogP contribution is -2.28. The van der Waals surface area contributed by atoms with Gasteiger partial charge in [-0.15, -0.1) is 0 Å². The Hall–Kier alpha value is -1.60. The van der Waals surface area contributed by atoms with Gasteiger partial charge in [-0.3, -0.25) is 0 Å². The largest absolute Gasteiger partial charge is 0.308 e. The van der Waals surface area contributed by atoms with Gasteiger partial charge in [0.1, 0.15) is 0 Å². The van der Waals surface area contributed by atoms with Crippen molar-refractivity contribution in [3.8, 4) is 11.1 Å². The van der Waals surface area contributed by atoms with Crippen LogP contribution in [0.4, 0.5) is 0 Å². The van der Waals surface area contributed by atoms with E-state index in [0.717, 1.165) is 6.42 Å². The molecule has 1 nitrogen and oxygen atoms in total. The summed E-state index contributed by atoms with van der Waals surface area (Å²) in [5.74, 6) is 0. The lowest BCUT2D eigenvalue weighted by molar-refractivity contribution is 0.469. The molecule has 0 bridgehead atoms. The first kappa shape index (κ1) is 13.8. The molecule has 1 heteroatoms. The van der Waals surface area contributed by atoms with Gasteiger partial charge >= 0.3 is 0 Å². The number of hydrogen-bond acceptors (Lipinski definition) is 1. The van der Waals surface area contributed by atoms with Gasteiger partial charge in [-0.25, -0.2) is 0 Å². The lowest BCUT2D eigenvalue weighted by Gasteiger charge is -2.19. The number of nitrogens with one attached hydrogen (secondary N) is 1. The molecule has 2 aromatic rings. The van der Waals surface area contributed by atoms with Crippen molar-refractivity contribution in [1.82, 2.24) is 5.32 Å². The standard InChI is InChI=1S/C18H23N/c1-4-14(2)19-15(3)16-10-12-18(13-11-16)17-8-6-5-7-9-17/h5-15,19H,4H2,1-3H3/t14?,15-/m0/s1. The molecule has 1 N–H and O–H groups in total. The van der Waals surface area contributed by atoms with E-state index < -0.39 is 0 Å². The van der Waals surface area contributed by atoms with Crippen LogP contribution in [0.2, 0.25) is 0 Å². The minimum Gasteiger partial charge on any atom is -0.308 e. The SMILES string of the molecule is CCC(C)N[C@@H](C)c1ccc(-c2ccccc2)cc1. The molecule has 0 aliphatic rings. The Morgan fingerprint density at radius 2 is 1.42 bits per heavy atom. The van der Waals surface area contributed by atoms with E-state index in [1.165, 1.54) is 16.7 Å². The van der Waals surface area contributed by atoms with E-state index in [2.05, 4.69) is 80.7 Å². The van der Waals surface area contributed by atoms with E-state index in [-0.39, 0.29) is 0 Å². The molecule has 19 heavy (non-hydrogen) atoms. The quantitative estimate of drug-likeness (QED) is 0.807. The molecule has 2 rings (SSSR count). The molecule has 2 atom stereocenters. The fourth-order valence-corrected chi connectivity index (χ4v) is 2.24. The molecule has 0 aliphatic heterocycles. The highest BCUT2D eigenvalue weighted by atomic mass is 14.9. The van der Waals surface area contributed by atoms with Gasteiger partial charge < -0.3 is 5.32 Å². The summed E-state index contributed by atoms with van der Waals surface area (Å²) in [6, 6.07) is 20.3. The van der Waals surface area contributed by atoms with Crippen molar-refractivity contribution in [3.05, 3.63) is 60.2 Å². The van der Waals surface area contributed by atoms with E-state index in [1.807, 2.05) is 0 Å². The van der Waals surface area contributed by atoms with Crippen LogP contribution in [0, 0.1) is 0 Å². The van der Waals surface area contributed by atoms with Crippen LogP contribution in [-0.4, -0.2) is 6.04 Å². The third kappa shape index (κ3) is 3.68. The highest BCUT2D eigenvalue weighted by Crippen LogP contribution is 2.22. The summed E-state index contributed by atoms with van der Waals surface area (Å²) >= 11 is 0. The van der Waals surface area contributed by atoms with Crippen molar-refractivity contribution in [2.24, 2.45) is 0 Å². The van der Waals surface area contributed by atoms with Crippen LogP contribution in [0.25, 0.3) is 11.1 Å². The number of rotatable bonds is 5. The average Bonchev–Trinajstić information content (AvgIpc) is 2.48. The number of hydrogen-bond donors (Lipinski definition) is 1. The summed E-state index contributed by atoms with van der Waals surface area (Å²) in [7, 11) is 0. The Balaban J connectivity index is 2.10. The molecule has 1 unspecified atom stereocenters. The maximum Gasteiger partial charge on any atom is 0.0294 e. The molecule has 100 valence electrons. The van der Waals surface area contributed by atoms with Crippen molar-refractivity contribution in [3.63, 3.8) is 0 Å². The van der Waals surface area contributed by atoms with Crippen LogP contribution in [0.15, 0.2) is 54.6 Å². The van der Waals surface area contributed by atoms with Gasteiger partial charge in [0.15, 0.2) is 0 Å². The minimum atomic E-state index is 0.403. The fourth-order valence-electron chi connectivity index (χ4n) is 2.24. The normalized spacial score (nSPS) is 14.1. The molecule has 0 saturated carbocycles. The van der Waals surface area contributed by atoms with Crippen molar-refractivity contribution < 1.29 is 0 Å². The summed E-state index contributed by atoms with van der Waals surface area (Å²) in [5, 5.41) is 3.61. The second-order valence-corrected chi connectivity index (χ2v) is 5.19. The second kappa shape index (κ2) is 6.53. The van der Waals surface area contributed by atoms with E-state index in [0.29, 0.717) is 12.1 Å². The Morgan fingerprint density at radius 1 is 0.842 bits per heavy atom. The highest BCUT2D eigenvalue weighted by molar-refractivity contribution is 5.63. The molecular formula is C18H23N. The van der Waals surface area contributed by atoms with Crippen LogP contribution in [-0.2, 0) is 0 Å². The first-order valence-corrected chi connectivity index (χ1v) is 7.12. The van der Waals surface area contributed by atoms with Crippen molar-refractivity contribution in [2.75, 3.05) is 0 Å². The van der Waals surface area contributed by atoms with Gasteiger partial charge in [-0.05, 0) is 37.0 Å². The predicted molar refractivity (Wildman–Crippen MR) is 83.2 cm³/mol. The van der Waals surface area contributed by atoms with Crippen molar-refractivity contribution >= 4 is 0 Å². The molecule has 0 spiro atoms. The van der Waals surface area contributed by atoms with Crippen molar-refractivity contribution in [2.45, 2.75) is 39.3 Å². The molecule has 0 heterocycles. The number of benzene rings is 2. The zero-order valence-corrected chi connectivity index (χ0v) is 12.1. The molecule has 0 fully saturated rings. The van der Waals surface area contributed by atoms with Crippen LogP contribution < -0.4 is 5.32 Å². The smallest absolute Gasteiger partial charge is 0.0294 e. The summed E-state index contributed by atoms with van der Waals surface area (Å²) < 4.78 is 0. The van der Waals surface area contributed by atoms with Crippen LogP contribution in [0.3, 0.4) is 0 Å². The zero-order chi connectivity index (χ0) is 13.7. The summed E-state index contributed by atoms with van der Waals surface area (Å²) in [5.41, 5.74) is 3.90. The van der Waals surface area contributed by atoms with Gasteiger partial charge in [0.2, 0.25) is 0 Å². The van der Waals surface area contributed by atoms with Crippen LogP contribution in [0.1, 0.15) is 38.8 Å². The van der Waals surface area contributed by atoms with Crippen molar-refractivity contribution in [1.29, 1.82) is 0 Å². The van der Waals surface area contributed by atoms with E-state index >= 15 is 0 Å². The zero-order valence-electron chi connectivity index (χ0n) is 12.1. The summed E-state index contributed by atoms with van der Waals surface area (Å²) in [6.07, 6.45) is 1.16. The topological polar surface area (TPSA) is 12.0 Å². The first-order valence-electron chi connectivity index (χ1n) is 7.12. The van der Waals surface area contributed by atoms with Crippen LogP contribution in [0.5, 0.6) is 0 Å². The maximum absolute atomic E-state index is 3.61. The van der Waals surface area contributed by atoms with Gasteiger partial charge in [0.05, 0.1) is 0 Å². The second-order valence-electron chi connectivity index (χ2n) is 5.19. The first-order chi connectivity index (χ1) is 9.20. The molecule has 0 aromatic heterocycles. The molecule has 0 amide bonds. The summed E-state index contributed by atoms with van der Waals surface area (Å²) in [4.78, 5) is 0. The Bertz CT molecular complexity index is 487. The van der Waals surface area contributed by atoms with Gasteiger partial charge in [0, 0.05) is 12.1 Å². The van der Waals surface area contributed by atoms with Crippen LogP contribution >= 0.6 is 0 Å². The van der Waals surface area contributed by atoms with Gasteiger partial charge in [-0.1, -0.05) is 61.5 Å². The Labute approximate surface area is 116 Å². The summed E-state index contributed by atoms with van der Waals surface area (Å²) in [6.45, 7) is 6.67. The Morgan fingerprint density at radius 3 is 2.00 bits per heavy atom. The third-order valence-corrected chi connectivity index (χ3v) is 3.66. The van der Waals surface area contributed by atoms with E-state index in [4.69, 9.17) is 0 Å². The van der Waals surface area contributed by atoms with E-state index in [1.54, 1.807) is 0 Å². The fraction of sp³-hybridized carbons (Fsp3) is 0.333. The monoisotopic (exact) mass is 253 g/mol. The highest BCUT2D eigenvalue weighted by Gasteiger charge is 2.08. The predicted octanol–water partition coefficient (Wildman–Crippen LogP) is 4.80. The Kier molecular flexibility index (Phi) is 4.75. The van der Waals surface area contributed by atoms with Gasteiger partial charge in [0.25, 0.3) is 0 Å². The molecule has 2 aromatic carbocycles. The molecule has 0 radical (unpaired) electrons. The minimum absolute atomic E-state index is 0.403. The lowest BCUT2D eigenvalue weighted by atomic mass is 10.0. The molecular weight excluding hydrogens is 230 g/mol.